The van der Waals surface area contributed by atoms with Crippen molar-refractivity contribution < 1.29 is 28.7 Å². The second kappa shape index (κ2) is 11.9. The van der Waals surface area contributed by atoms with E-state index < -0.39 is 16.8 Å². The van der Waals surface area contributed by atoms with Crippen LogP contribution in [0.2, 0.25) is 0 Å². The zero-order valence-corrected chi connectivity index (χ0v) is 23.9. The highest BCUT2D eigenvalue weighted by Crippen LogP contribution is 2.47. The number of allylic oxidation sites excluding steroid dienone is 3. The number of ether oxygens (including phenoxy) is 3. The molecule has 2 atom stereocenters. The number of methoxy groups -OCH3 is 2. The summed E-state index contributed by atoms with van der Waals surface area (Å²) < 4.78 is 16.6. The number of ketones is 1. The fraction of sp³-hybridized carbons (Fsp3) is 0.273. The Kier molecular flexibility index (Phi) is 8.10. The average molecular weight is 569 g/mol. The Labute approximate surface area is 243 Å². The predicted octanol–water partition coefficient (Wildman–Crippen LogP) is 6.03. The number of carbonyl (C=O) groups excluding carboxylic acids is 2. The van der Waals surface area contributed by atoms with Crippen molar-refractivity contribution in [3.05, 3.63) is 122 Å². The third-order valence-electron chi connectivity index (χ3n) is 7.90. The Morgan fingerprint density at radius 1 is 0.952 bits per heavy atom. The molecule has 1 aliphatic carbocycles. The summed E-state index contributed by atoms with van der Waals surface area (Å²) in [7, 11) is 3.13. The Hall–Kier alpha value is -4.92. The summed E-state index contributed by atoms with van der Waals surface area (Å²) in [6, 6.07) is 19.8. The van der Waals surface area contributed by atoms with Crippen molar-refractivity contribution in [3.8, 4) is 11.5 Å². The number of nitro groups is 1. The lowest BCUT2D eigenvalue weighted by Crippen LogP contribution is -2.36. The van der Waals surface area contributed by atoms with Crippen LogP contribution in [0, 0.1) is 17.0 Å². The van der Waals surface area contributed by atoms with Crippen LogP contribution < -0.4 is 14.8 Å². The summed E-state index contributed by atoms with van der Waals surface area (Å²) in [6.07, 6.45) is 0.705. The lowest BCUT2D eigenvalue weighted by atomic mass is 9.71. The van der Waals surface area contributed by atoms with E-state index in [1.165, 1.54) is 6.07 Å². The first-order valence-corrected chi connectivity index (χ1v) is 13.6. The highest BCUT2D eigenvalue weighted by molar-refractivity contribution is 6.04. The zero-order chi connectivity index (χ0) is 30.0. The standard InChI is InChI=1S/C33H32N2O7/c1-19-10-11-23(15-26(19)35(38)39)31-30(33(37)42-18-21-8-6-5-7-9-21)20(2)34-25-14-24(16-27(36)32(25)31)22-12-13-28(40-3)29(17-22)41-4/h5-13,15,17,24,31,34H,14,16,18H2,1-4H3/t24-,31+/m0/s1. The van der Waals surface area contributed by atoms with Gasteiger partial charge in [-0.1, -0.05) is 48.5 Å². The number of Topliss-reactive ketones (excluding diaryl/α,β-unsaturated/α-hetero) is 1. The number of rotatable bonds is 8. The molecule has 3 aromatic rings. The van der Waals surface area contributed by atoms with Gasteiger partial charge in [0.15, 0.2) is 17.3 Å². The molecular formula is C33H32N2O7. The minimum absolute atomic E-state index is 0.0540. The molecule has 216 valence electrons. The van der Waals surface area contributed by atoms with Crippen LogP contribution in [0.3, 0.4) is 0 Å². The van der Waals surface area contributed by atoms with Crippen molar-refractivity contribution in [1.82, 2.24) is 5.32 Å². The molecule has 5 rings (SSSR count). The minimum atomic E-state index is -0.817. The highest BCUT2D eigenvalue weighted by atomic mass is 16.6. The van der Waals surface area contributed by atoms with Crippen molar-refractivity contribution in [2.75, 3.05) is 14.2 Å². The van der Waals surface area contributed by atoms with E-state index in [4.69, 9.17) is 14.2 Å². The summed E-state index contributed by atoms with van der Waals surface area (Å²) in [5, 5.41) is 15.2. The molecule has 3 aromatic carbocycles. The maximum Gasteiger partial charge on any atom is 0.337 e. The summed E-state index contributed by atoms with van der Waals surface area (Å²) in [6.45, 7) is 3.48. The van der Waals surface area contributed by atoms with E-state index in [0.29, 0.717) is 46.0 Å². The topological polar surface area (TPSA) is 117 Å². The number of nitro benzene ring substituents is 1. The number of nitrogens with one attached hydrogen (secondary N) is 1. The molecule has 0 bridgehead atoms. The second-order valence-electron chi connectivity index (χ2n) is 10.5. The first kappa shape index (κ1) is 28.6. The highest BCUT2D eigenvalue weighted by Gasteiger charge is 2.42. The van der Waals surface area contributed by atoms with Gasteiger partial charge in [-0.3, -0.25) is 14.9 Å². The number of dihydropyridines is 1. The Bertz CT molecular complexity index is 1620. The van der Waals surface area contributed by atoms with Gasteiger partial charge in [0.05, 0.1) is 24.7 Å². The van der Waals surface area contributed by atoms with Crippen LogP contribution >= 0.6 is 0 Å². The van der Waals surface area contributed by atoms with Gasteiger partial charge in [-0.25, -0.2) is 4.79 Å². The third-order valence-corrected chi connectivity index (χ3v) is 7.90. The van der Waals surface area contributed by atoms with Crippen molar-refractivity contribution in [1.29, 1.82) is 0 Å². The van der Waals surface area contributed by atoms with Crippen LogP contribution in [-0.2, 0) is 20.9 Å². The second-order valence-corrected chi connectivity index (χ2v) is 10.5. The van der Waals surface area contributed by atoms with Crippen molar-refractivity contribution in [2.45, 2.75) is 45.1 Å². The van der Waals surface area contributed by atoms with Gasteiger partial charge in [0.2, 0.25) is 0 Å². The predicted molar refractivity (Wildman–Crippen MR) is 156 cm³/mol. The molecule has 1 N–H and O–H groups in total. The summed E-state index contributed by atoms with van der Waals surface area (Å²) in [5.41, 5.74) is 4.58. The molecule has 1 aliphatic heterocycles. The fourth-order valence-electron chi connectivity index (χ4n) is 5.79. The molecule has 0 unspecified atom stereocenters. The number of hydrogen-bond acceptors (Lipinski definition) is 8. The van der Waals surface area contributed by atoms with E-state index in [9.17, 15) is 19.7 Å². The molecule has 0 saturated carbocycles. The van der Waals surface area contributed by atoms with Gasteiger partial charge < -0.3 is 19.5 Å². The van der Waals surface area contributed by atoms with E-state index >= 15 is 0 Å². The lowest BCUT2D eigenvalue weighted by Gasteiger charge is -2.36. The molecule has 42 heavy (non-hydrogen) atoms. The molecule has 0 spiro atoms. The molecule has 0 radical (unpaired) electrons. The molecule has 1 heterocycles. The first-order valence-electron chi connectivity index (χ1n) is 13.6. The lowest BCUT2D eigenvalue weighted by molar-refractivity contribution is -0.385. The van der Waals surface area contributed by atoms with Gasteiger partial charge in [0.25, 0.3) is 5.69 Å². The van der Waals surface area contributed by atoms with Crippen LogP contribution in [0.15, 0.2) is 89.3 Å². The van der Waals surface area contributed by atoms with E-state index in [-0.39, 0.29) is 36.0 Å². The molecule has 2 aliphatic rings. The Balaban J connectivity index is 1.56. The van der Waals surface area contributed by atoms with Gasteiger partial charge in [-0.15, -0.1) is 0 Å². The molecule has 0 amide bonds. The number of benzene rings is 3. The van der Waals surface area contributed by atoms with E-state index in [1.807, 2.05) is 48.5 Å². The molecule has 0 saturated heterocycles. The van der Waals surface area contributed by atoms with E-state index in [0.717, 1.165) is 11.1 Å². The Morgan fingerprint density at radius 2 is 1.67 bits per heavy atom. The third kappa shape index (κ3) is 5.50. The van der Waals surface area contributed by atoms with Crippen LogP contribution in [0.5, 0.6) is 11.5 Å². The smallest absolute Gasteiger partial charge is 0.337 e. The van der Waals surface area contributed by atoms with Crippen LogP contribution in [0.4, 0.5) is 5.69 Å². The monoisotopic (exact) mass is 568 g/mol. The number of carbonyl (C=O) groups is 2. The maximum absolute atomic E-state index is 14.0. The SMILES string of the molecule is COc1ccc([C@@H]2CC(=O)C3=C(C2)NC(C)=C(C(=O)OCc2ccccc2)[C@H]3c2ccc(C)c([N+](=O)[O-])c2)cc1OC. The number of aryl methyl sites for hydroxylation is 1. The summed E-state index contributed by atoms with van der Waals surface area (Å²) in [5.74, 6) is -0.518. The number of hydrogen-bond donors (Lipinski definition) is 1. The molecule has 0 aromatic heterocycles. The largest absolute Gasteiger partial charge is 0.493 e. The zero-order valence-electron chi connectivity index (χ0n) is 23.9. The maximum atomic E-state index is 14.0. The number of esters is 1. The van der Waals surface area contributed by atoms with Crippen molar-refractivity contribution in [3.63, 3.8) is 0 Å². The fourth-order valence-corrected chi connectivity index (χ4v) is 5.79. The molecule has 9 nitrogen and oxygen atoms in total. The van der Waals surface area contributed by atoms with Crippen molar-refractivity contribution >= 4 is 17.4 Å². The van der Waals surface area contributed by atoms with Gasteiger partial charge in [-0.05, 0) is 55.0 Å². The van der Waals surface area contributed by atoms with Gasteiger partial charge in [0.1, 0.15) is 6.61 Å². The normalized spacial score (nSPS) is 18.2. The van der Waals surface area contributed by atoms with E-state index in [1.54, 1.807) is 40.2 Å². The molecular weight excluding hydrogens is 536 g/mol. The molecule has 0 fully saturated rings. The van der Waals surface area contributed by atoms with E-state index in [2.05, 4.69) is 5.32 Å². The van der Waals surface area contributed by atoms with Crippen LogP contribution in [0.25, 0.3) is 0 Å². The molecule has 9 heteroatoms. The summed E-state index contributed by atoms with van der Waals surface area (Å²) in [4.78, 5) is 39.0. The Morgan fingerprint density at radius 3 is 2.36 bits per heavy atom. The number of nitrogens with zero attached hydrogens (tertiary/aromatic N) is 1. The van der Waals surface area contributed by atoms with Gasteiger partial charge in [0, 0.05) is 40.9 Å². The van der Waals surface area contributed by atoms with Gasteiger partial charge in [-0.2, -0.15) is 0 Å². The summed E-state index contributed by atoms with van der Waals surface area (Å²) >= 11 is 0. The quantitative estimate of drug-likeness (QED) is 0.199. The van der Waals surface area contributed by atoms with Crippen LogP contribution in [-0.4, -0.2) is 30.9 Å². The van der Waals surface area contributed by atoms with Crippen LogP contribution in [0.1, 0.15) is 53.9 Å². The first-order chi connectivity index (χ1) is 20.2. The van der Waals surface area contributed by atoms with Crippen molar-refractivity contribution in [2.24, 2.45) is 0 Å². The van der Waals surface area contributed by atoms with Gasteiger partial charge >= 0.3 is 5.97 Å². The minimum Gasteiger partial charge on any atom is -0.493 e. The average Bonchev–Trinajstić information content (AvgIpc) is 2.99.